The Kier molecular flexibility index (Phi) is 16.5. The van der Waals surface area contributed by atoms with Gasteiger partial charge in [0.15, 0.2) is 24.8 Å². The Hall–Kier alpha value is -6.52. The van der Waals surface area contributed by atoms with Gasteiger partial charge in [0.05, 0.1) is 5.56 Å². The Morgan fingerprint density at radius 3 is 1.11 bits per heavy atom. The van der Waals surface area contributed by atoms with Gasteiger partial charge in [0, 0.05) is 63.2 Å². The van der Waals surface area contributed by atoms with E-state index in [2.05, 4.69) is 276 Å². The van der Waals surface area contributed by atoms with Crippen molar-refractivity contribution in [1.82, 2.24) is 0 Å². The van der Waals surface area contributed by atoms with Crippen molar-refractivity contribution in [3.05, 3.63) is 213 Å². The minimum absolute atomic E-state index is 1.27. The van der Waals surface area contributed by atoms with Gasteiger partial charge >= 0.3 is 0 Å². The lowest BCUT2D eigenvalue weighted by molar-refractivity contribution is -0.660. The number of benzene rings is 4. The Balaban J connectivity index is 0.000000161. The highest BCUT2D eigenvalue weighted by molar-refractivity contribution is 5.66. The molecule has 0 saturated heterocycles. The highest BCUT2D eigenvalue weighted by atomic mass is 14.9. The van der Waals surface area contributed by atoms with Gasteiger partial charge in [-0.05, 0) is 159 Å². The first-order valence-electron chi connectivity index (χ1n) is 22.5. The van der Waals surface area contributed by atoms with E-state index in [9.17, 15) is 0 Å². The number of hydrogen-bond acceptors (Lipinski definition) is 0. The summed E-state index contributed by atoms with van der Waals surface area (Å²) < 4.78 is 8.77. The van der Waals surface area contributed by atoms with E-state index >= 15 is 0 Å². The summed E-state index contributed by atoms with van der Waals surface area (Å²) in [4.78, 5) is 0. The third-order valence-electron chi connectivity index (χ3n) is 12.1. The maximum atomic E-state index is 2.25. The molecule has 8 rings (SSSR count). The predicted octanol–water partition coefficient (Wildman–Crippen LogP) is 12.4. The molecule has 0 saturated carbocycles. The van der Waals surface area contributed by atoms with Crippen LogP contribution in [0.2, 0.25) is 0 Å². The summed E-state index contributed by atoms with van der Waals surface area (Å²) >= 11 is 0. The van der Waals surface area contributed by atoms with E-state index in [0.29, 0.717) is 0 Å². The van der Waals surface area contributed by atoms with Gasteiger partial charge in [0.2, 0.25) is 22.8 Å². The highest BCUT2D eigenvalue weighted by Crippen LogP contribution is 2.26. The van der Waals surface area contributed by atoms with Crippen LogP contribution in [0.5, 0.6) is 0 Å². The second kappa shape index (κ2) is 21.7. The van der Waals surface area contributed by atoms with Crippen molar-refractivity contribution in [3.63, 3.8) is 0 Å². The normalized spacial score (nSPS) is 10.5. The summed E-state index contributed by atoms with van der Waals surface area (Å²) in [5, 5.41) is 0. The molecule has 0 spiro atoms. The monoisotopic (exact) mass is 849 g/mol. The van der Waals surface area contributed by atoms with Crippen molar-refractivity contribution in [2.75, 3.05) is 0 Å². The SMILES string of the molecule is Cc1ccc(-c2c(C)cccc2C)[n+](C)c1.Cc1ccc(-c2ccc(C)c[n+]2C)c(C)c1.Cc1ccc(-c2cccc(C)c2C)[n+](C)c1.Cc1ccc(C)c(-c2ccc(C)c[n+]2C)c1. The number of aryl methyl sites for hydroxylation is 15. The van der Waals surface area contributed by atoms with Gasteiger partial charge in [-0.1, -0.05) is 65.7 Å². The minimum atomic E-state index is 1.27. The summed E-state index contributed by atoms with van der Waals surface area (Å²) in [6.45, 7) is 25.8. The molecule has 8 aromatic rings. The van der Waals surface area contributed by atoms with Gasteiger partial charge in [-0.3, -0.25) is 0 Å². The largest absolute Gasteiger partial charge is 0.212 e. The molecule has 0 amide bonds. The Morgan fingerprint density at radius 2 is 0.641 bits per heavy atom. The quantitative estimate of drug-likeness (QED) is 0.157. The van der Waals surface area contributed by atoms with Crippen molar-refractivity contribution in [2.45, 2.75) is 83.1 Å². The summed E-state index contributed by atoms with van der Waals surface area (Å²) in [6, 6.07) is 43.5. The van der Waals surface area contributed by atoms with Crippen molar-refractivity contribution < 1.29 is 18.3 Å². The van der Waals surface area contributed by atoms with E-state index in [1.807, 2.05) is 0 Å². The van der Waals surface area contributed by atoms with Crippen LogP contribution >= 0.6 is 0 Å². The Bertz CT molecular complexity index is 2780. The molecule has 0 aliphatic rings. The molecule has 0 aliphatic heterocycles. The fourth-order valence-electron chi connectivity index (χ4n) is 8.44. The van der Waals surface area contributed by atoms with E-state index in [1.54, 1.807) is 0 Å². The summed E-state index contributed by atoms with van der Waals surface area (Å²) in [7, 11) is 8.41. The molecular formula is C60H72N4+4. The van der Waals surface area contributed by atoms with Crippen LogP contribution in [-0.4, -0.2) is 0 Å². The fourth-order valence-corrected chi connectivity index (χ4v) is 8.44. The van der Waals surface area contributed by atoms with Gasteiger partial charge in [-0.15, -0.1) is 0 Å². The number of pyridine rings is 4. The fraction of sp³-hybridized carbons (Fsp3) is 0.267. The van der Waals surface area contributed by atoms with Gasteiger partial charge in [0.25, 0.3) is 0 Å². The minimum Gasteiger partial charge on any atom is -0.201 e. The summed E-state index contributed by atoms with van der Waals surface area (Å²) in [6.07, 6.45) is 8.66. The first-order valence-corrected chi connectivity index (χ1v) is 22.5. The molecule has 0 aliphatic carbocycles. The maximum absolute atomic E-state index is 2.25. The third kappa shape index (κ3) is 12.3. The lowest BCUT2D eigenvalue weighted by Gasteiger charge is -2.07. The lowest BCUT2D eigenvalue weighted by Crippen LogP contribution is -2.31. The van der Waals surface area contributed by atoms with Gasteiger partial charge in [-0.25, -0.2) is 18.3 Å². The Morgan fingerprint density at radius 1 is 0.266 bits per heavy atom. The summed E-state index contributed by atoms with van der Waals surface area (Å²) in [5.74, 6) is 0. The third-order valence-corrected chi connectivity index (χ3v) is 12.1. The van der Waals surface area contributed by atoms with Crippen LogP contribution in [-0.2, 0) is 28.2 Å². The first kappa shape index (κ1) is 48.5. The number of aromatic nitrogens is 4. The molecule has 4 nitrogen and oxygen atoms in total. The molecule has 0 radical (unpaired) electrons. The van der Waals surface area contributed by atoms with Crippen LogP contribution in [0.25, 0.3) is 45.0 Å². The number of nitrogens with zero attached hydrogens (tertiary/aromatic N) is 4. The highest BCUT2D eigenvalue weighted by Gasteiger charge is 2.16. The zero-order valence-electron chi connectivity index (χ0n) is 41.6. The van der Waals surface area contributed by atoms with Crippen molar-refractivity contribution in [3.8, 4) is 45.0 Å². The molecule has 4 heterocycles. The Labute approximate surface area is 385 Å². The second-order valence-corrected chi connectivity index (χ2v) is 18.0. The first-order chi connectivity index (χ1) is 30.3. The van der Waals surface area contributed by atoms with E-state index < -0.39 is 0 Å². The topological polar surface area (TPSA) is 15.5 Å². The standard InChI is InChI=1S/4C15H18N/c1-11-5-7-14(13(3)9-11)15-8-6-12(2)10-16(15)4;1-11-5-7-13(3)14(9-11)15-8-6-12(2)10-16(15)4;1-11-8-9-15(16(4)10-11)14-7-5-6-12(2)13(14)3;1-11-8-9-14(16(4)10-11)15-12(2)6-5-7-13(15)3/h4*5-10H,1-4H3/q4*+1. The van der Waals surface area contributed by atoms with Gasteiger partial charge < -0.3 is 0 Å². The van der Waals surface area contributed by atoms with Crippen molar-refractivity contribution in [2.24, 2.45) is 28.2 Å². The molecule has 4 aromatic carbocycles. The van der Waals surface area contributed by atoms with Crippen LogP contribution in [0.3, 0.4) is 0 Å². The molecule has 0 fully saturated rings. The zero-order chi connectivity index (χ0) is 46.8. The average molecular weight is 849 g/mol. The van der Waals surface area contributed by atoms with Crippen LogP contribution in [0, 0.1) is 83.1 Å². The lowest BCUT2D eigenvalue weighted by atomic mass is 9.99. The van der Waals surface area contributed by atoms with E-state index in [1.165, 1.54) is 112 Å². The molecule has 328 valence electrons. The summed E-state index contributed by atoms with van der Waals surface area (Å²) in [5.41, 5.74) is 26.2. The molecule has 0 unspecified atom stereocenters. The maximum Gasteiger partial charge on any atom is 0.212 e. The van der Waals surface area contributed by atoms with Crippen molar-refractivity contribution in [1.29, 1.82) is 0 Å². The van der Waals surface area contributed by atoms with E-state index in [4.69, 9.17) is 0 Å². The molecule has 0 atom stereocenters. The molecular weight excluding hydrogens is 777 g/mol. The van der Waals surface area contributed by atoms with Gasteiger partial charge in [0.1, 0.15) is 28.2 Å². The van der Waals surface area contributed by atoms with Crippen LogP contribution in [0.4, 0.5) is 0 Å². The van der Waals surface area contributed by atoms with Gasteiger partial charge in [-0.2, -0.15) is 0 Å². The molecule has 64 heavy (non-hydrogen) atoms. The van der Waals surface area contributed by atoms with E-state index in [-0.39, 0.29) is 0 Å². The van der Waals surface area contributed by atoms with Crippen LogP contribution in [0.1, 0.15) is 66.8 Å². The zero-order valence-corrected chi connectivity index (χ0v) is 41.6. The second-order valence-electron chi connectivity index (χ2n) is 18.0. The predicted molar refractivity (Wildman–Crippen MR) is 269 cm³/mol. The van der Waals surface area contributed by atoms with E-state index in [0.717, 1.165) is 0 Å². The molecule has 4 heteroatoms. The van der Waals surface area contributed by atoms with Crippen LogP contribution in [0.15, 0.2) is 146 Å². The molecule has 0 N–H and O–H groups in total. The van der Waals surface area contributed by atoms with Crippen LogP contribution < -0.4 is 18.3 Å². The average Bonchev–Trinajstić information content (AvgIpc) is 3.22. The smallest absolute Gasteiger partial charge is 0.201 e. The number of hydrogen-bond donors (Lipinski definition) is 0. The molecule has 4 aromatic heterocycles. The number of rotatable bonds is 4. The van der Waals surface area contributed by atoms with Crippen molar-refractivity contribution >= 4 is 0 Å². The molecule has 0 bridgehead atoms.